The van der Waals surface area contributed by atoms with Gasteiger partial charge in [-0.1, -0.05) is 17.7 Å². The van der Waals surface area contributed by atoms with E-state index in [1.54, 1.807) is 11.3 Å². The van der Waals surface area contributed by atoms with Crippen LogP contribution < -0.4 is 56.7 Å². The summed E-state index contributed by atoms with van der Waals surface area (Å²) in [6.07, 6.45) is 0.400. The van der Waals surface area contributed by atoms with Crippen LogP contribution in [0, 0.1) is 5.38 Å². The number of rotatable bonds is 3. The Labute approximate surface area is 153 Å². The zero-order valence-corrected chi connectivity index (χ0v) is 14.3. The van der Waals surface area contributed by atoms with Gasteiger partial charge in [0.1, 0.15) is 0 Å². The quantitative estimate of drug-likeness (QED) is 0.652. The molecule has 2 aromatic rings. The Balaban J connectivity index is 0.00000162. The van der Waals surface area contributed by atoms with E-state index < -0.39 is 6.09 Å². The van der Waals surface area contributed by atoms with Crippen LogP contribution in [-0.4, -0.2) is 13.2 Å². The molecule has 0 aliphatic carbocycles. The largest absolute Gasteiger partial charge is 1.00 e. The molecule has 0 spiro atoms. The van der Waals surface area contributed by atoms with Crippen LogP contribution in [0.1, 0.15) is 10.4 Å². The molecule has 1 N–H and O–H groups in total. The maximum Gasteiger partial charge on any atom is 1.00 e. The van der Waals surface area contributed by atoms with Crippen molar-refractivity contribution in [3.05, 3.63) is 52.2 Å². The van der Waals surface area contributed by atoms with Crippen LogP contribution in [0.2, 0.25) is 0 Å². The molecule has 5 heteroatoms. The SMILES string of the molecule is COC(=O)Nc1cccc(Cc2cc[c-]s2)c1.[K+]. The number of carbonyl (C=O) groups is 1. The van der Waals surface area contributed by atoms with Gasteiger partial charge in [0.15, 0.2) is 0 Å². The number of hydrogen-bond donors (Lipinski definition) is 1. The fraction of sp³-hybridized carbons (Fsp3) is 0.154. The summed E-state index contributed by atoms with van der Waals surface area (Å²) >= 11 is 1.60. The van der Waals surface area contributed by atoms with Crippen molar-refractivity contribution in [2.24, 2.45) is 0 Å². The fourth-order valence-electron chi connectivity index (χ4n) is 1.49. The van der Waals surface area contributed by atoms with Crippen LogP contribution in [0.5, 0.6) is 0 Å². The third kappa shape index (κ3) is 4.83. The Hall–Kier alpha value is -0.174. The molecule has 0 fully saturated rings. The van der Waals surface area contributed by atoms with Crippen LogP contribution >= 0.6 is 11.3 Å². The zero-order chi connectivity index (χ0) is 12.1. The molecule has 1 aromatic heterocycles. The van der Waals surface area contributed by atoms with Gasteiger partial charge in [-0.2, -0.15) is 6.07 Å². The summed E-state index contributed by atoms with van der Waals surface area (Å²) in [7, 11) is 1.35. The molecule has 0 radical (unpaired) electrons. The number of hydrogen-bond acceptors (Lipinski definition) is 3. The van der Waals surface area contributed by atoms with Crippen molar-refractivity contribution in [1.29, 1.82) is 0 Å². The first-order chi connectivity index (χ1) is 8.28. The van der Waals surface area contributed by atoms with Crippen molar-refractivity contribution in [2.45, 2.75) is 6.42 Å². The van der Waals surface area contributed by atoms with Gasteiger partial charge in [-0.25, -0.2) is 10.9 Å². The van der Waals surface area contributed by atoms with E-state index in [0.717, 1.165) is 17.7 Å². The monoisotopic (exact) mass is 285 g/mol. The summed E-state index contributed by atoms with van der Waals surface area (Å²) in [6.45, 7) is 0. The smallest absolute Gasteiger partial charge is 0.453 e. The molecular formula is C13H12KNO2S. The van der Waals surface area contributed by atoms with E-state index in [0.29, 0.717) is 0 Å². The number of nitrogens with one attached hydrogen (secondary N) is 1. The van der Waals surface area contributed by atoms with Gasteiger partial charge in [0.25, 0.3) is 0 Å². The number of thiophene rings is 1. The maximum absolute atomic E-state index is 11.1. The summed E-state index contributed by atoms with van der Waals surface area (Å²) in [5.74, 6) is 0. The molecule has 0 saturated heterocycles. The van der Waals surface area contributed by atoms with E-state index in [1.165, 1.54) is 12.0 Å². The molecule has 3 nitrogen and oxygen atoms in total. The third-order valence-corrected chi connectivity index (χ3v) is 3.06. The number of amides is 1. The fourth-order valence-corrected chi connectivity index (χ4v) is 2.16. The second-order valence-corrected chi connectivity index (χ2v) is 4.48. The average Bonchev–Trinajstić information content (AvgIpc) is 2.82. The van der Waals surface area contributed by atoms with Crippen molar-refractivity contribution in [1.82, 2.24) is 0 Å². The molecule has 2 rings (SSSR count). The van der Waals surface area contributed by atoms with Crippen LogP contribution in [0.25, 0.3) is 0 Å². The van der Waals surface area contributed by atoms with Gasteiger partial charge in [0.2, 0.25) is 0 Å². The number of anilines is 1. The molecule has 88 valence electrons. The predicted octanol–water partition coefficient (Wildman–Crippen LogP) is 0.321. The van der Waals surface area contributed by atoms with E-state index in [-0.39, 0.29) is 51.4 Å². The Bertz CT molecular complexity index is 499. The molecule has 0 bridgehead atoms. The Morgan fingerprint density at radius 1 is 1.44 bits per heavy atom. The Morgan fingerprint density at radius 3 is 2.94 bits per heavy atom. The number of carbonyl (C=O) groups excluding carboxylic acids is 1. The van der Waals surface area contributed by atoms with Crippen LogP contribution in [0.4, 0.5) is 10.5 Å². The normalized spacial score (nSPS) is 9.39. The second-order valence-electron chi connectivity index (χ2n) is 3.51. The van der Waals surface area contributed by atoms with E-state index in [2.05, 4.69) is 15.4 Å². The van der Waals surface area contributed by atoms with Crippen molar-refractivity contribution in [3.63, 3.8) is 0 Å². The standard InChI is InChI=1S/C13H12NO2S.K/c1-16-13(15)14-11-5-2-4-10(8-11)9-12-6-3-7-17-12;/h2-6,8H,9H2,1H3,(H,14,15);/q-1;+1. The summed E-state index contributed by atoms with van der Waals surface area (Å²) in [6, 6.07) is 11.7. The van der Waals surface area contributed by atoms with Crippen LogP contribution in [0.15, 0.2) is 36.4 Å². The van der Waals surface area contributed by atoms with E-state index >= 15 is 0 Å². The average molecular weight is 285 g/mol. The van der Waals surface area contributed by atoms with Crippen molar-refractivity contribution in [2.75, 3.05) is 12.4 Å². The van der Waals surface area contributed by atoms with Crippen molar-refractivity contribution >= 4 is 23.1 Å². The minimum absolute atomic E-state index is 0. The first-order valence-electron chi connectivity index (χ1n) is 5.16. The minimum atomic E-state index is -0.452. The summed E-state index contributed by atoms with van der Waals surface area (Å²) in [5, 5.41) is 5.70. The number of methoxy groups -OCH3 is 1. The van der Waals surface area contributed by atoms with Gasteiger partial charge in [-0.15, -0.1) is 10.3 Å². The molecule has 0 aliphatic rings. The van der Waals surface area contributed by atoms with Crippen molar-refractivity contribution in [3.8, 4) is 0 Å². The third-order valence-electron chi connectivity index (χ3n) is 2.26. The predicted molar refractivity (Wildman–Crippen MR) is 68.4 cm³/mol. The van der Waals surface area contributed by atoms with E-state index in [1.807, 2.05) is 36.4 Å². The van der Waals surface area contributed by atoms with Gasteiger partial charge < -0.3 is 16.1 Å². The molecule has 0 aliphatic heterocycles. The zero-order valence-electron chi connectivity index (χ0n) is 10.4. The molecule has 0 atom stereocenters. The second kappa shape index (κ2) is 8.09. The Kier molecular flexibility index (Phi) is 7.14. The van der Waals surface area contributed by atoms with Gasteiger partial charge in [-0.05, 0) is 18.6 Å². The van der Waals surface area contributed by atoms with Gasteiger partial charge in [0.05, 0.1) is 7.11 Å². The first-order valence-corrected chi connectivity index (χ1v) is 5.98. The van der Waals surface area contributed by atoms with Crippen LogP contribution in [0.3, 0.4) is 0 Å². The van der Waals surface area contributed by atoms with Crippen LogP contribution in [-0.2, 0) is 11.2 Å². The van der Waals surface area contributed by atoms with Crippen molar-refractivity contribution < 1.29 is 60.9 Å². The van der Waals surface area contributed by atoms with E-state index in [9.17, 15) is 4.79 Å². The van der Waals surface area contributed by atoms with Gasteiger partial charge in [0, 0.05) is 5.69 Å². The topological polar surface area (TPSA) is 38.3 Å². The van der Waals surface area contributed by atoms with E-state index in [4.69, 9.17) is 0 Å². The first kappa shape index (κ1) is 15.9. The molecule has 1 aromatic carbocycles. The summed E-state index contributed by atoms with van der Waals surface area (Å²) < 4.78 is 4.55. The molecule has 0 saturated carbocycles. The Morgan fingerprint density at radius 2 is 2.28 bits per heavy atom. The maximum atomic E-state index is 11.1. The summed E-state index contributed by atoms with van der Waals surface area (Å²) in [4.78, 5) is 12.3. The molecule has 0 unspecified atom stereocenters. The number of benzene rings is 1. The van der Waals surface area contributed by atoms with Gasteiger partial charge in [-0.3, -0.25) is 5.32 Å². The molecule has 18 heavy (non-hydrogen) atoms. The minimum Gasteiger partial charge on any atom is -0.453 e. The number of ether oxygens (including phenoxy) is 1. The molecule has 1 heterocycles. The molecular weight excluding hydrogens is 273 g/mol. The van der Waals surface area contributed by atoms with Gasteiger partial charge >= 0.3 is 57.5 Å². The summed E-state index contributed by atoms with van der Waals surface area (Å²) in [5.41, 5.74) is 1.89. The molecule has 1 amide bonds.